The molecule has 1 aromatic carbocycles. The van der Waals surface area contributed by atoms with E-state index < -0.39 is 0 Å². The third-order valence-corrected chi connectivity index (χ3v) is 2.64. The molecular formula is C13H19NO2. The minimum Gasteiger partial charge on any atom is -0.374 e. The molecule has 0 amide bonds. The first-order valence-corrected chi connectivity index (χ1v) is 5.89. The van der Waals surface area contributed by atoms with Crippen LogP contribution in [0.5, 0.6) is 0 Å². The maximum atomic E-state index is 5.65. The Bertz CT molecular complexity index is 281. The van der Waals surface area contributed by atoms with Gasteiger partial charge in [-0.1, -0.05) is 30.3 Å². The summed E-state index contributed by atoms with van der Waals surface area (Å²) in [6.45, 7) is 4.12. The van der Waals surface area contributed by atoms with Gasteiger partial charge in [0.1, 0.15) is 0 Å². The molecule has 16 heavy (non-hydrogen) atoms. The van der Waals surface area contributed by atoms with Crippen LogP contribution in [-0.4, -0.2) is 32.4 Å². The number of benzene rings is 1. The van der Waals surface area contributed by atoms with E-state index in [4.69, 9.17) is 9.47 Å². The molecule has 3 nitrogen and oxygen atoms in total. The third-order valence-electron chi connectivity index (χ3n) is 2.64. The van der Waals surface area contributed by atoms with E-state index in [9.17, 15) is 0 Å². The first kappa shape index (κ1) is 11.6. The number of hydrogen-bond acceptors (Lipinski definition) is 3. The van der Waals surface area contributed by atoms with Crippen molar-refractivity contribution >= 4 is 0 Å². The molecule has 0 radical (unpaired) electrons. The van der Waals surface area contributed by atoms with Gasteiger partial charge in [0.25, 0.3) is 0 Å². The van der Waals surface area contributed by atoms with Crippen LogP contribution in [0.1, 0.15) is 12.0 Å². The van der Waals surface area contributed by atoms with Gasteiger partial charge in [-0.25, -0.2) is 0 Å². The summed E-state index contributed by atoms with van der Waals surface area (Å²) in [6.07, 6.45) is 1.29. The quantitative estimate of drug-likeness (QED) is 0.837. The van der Waals surface area contributed by atoms with Crippen molar-refractivity contribution in [3.8, 4) is 0 Å². The van der Waals surface area contributed by atoms with Gasteiger partial charge in [-0.3, -0.25) is 0 Å². The van der Waals surface area contributed by atoms with E-state index in [0.717, 1.165) is 26.1 Å². The van der Waals surface area contributed by atoms with Crippen molar-refractivity contribution in [3.05, 3.63) is 35.9 Å². The third kappa shape index (κ3) is 3.93. The molecule has 1 aromatic rings. The monoisotopic (exact) mass is 221 g/mol. The average Bonchev–Trinajstić information content (AvgIpc) is 2.59. The van der Waals surface area contributed by atoms with Gasteiger partial charge in [-0.05, 0) is 18.5 Å². The number of rotatable bonds is 4. The molecule has 1 unspecified atom stereocenters. The molecule has 1 fully saturated rings. The fourth-order valence-electron chi connectivity index (χ4n) is 1.76. The van der Waals surface area contributed by atoms with E-state index in [1.165, 1.54) is 5.56 Å². The van der Waals surface area contributed by atoms with Crippen molar-refractivity contribution in [2.45, 2.75) is 19.1 Å². The van der Waals surface area contributed by atoms with Gasteiger partial charge in [-0.2, -0.15) is 0 Å². The van der Waals surface area contributed by atoms with Crippen molar-refractivity contribution in [2.24, 2.45) is 0 Å². The highest BCUT2D eigenvalue weighted by Crippen LogP contribution is 2.03. The van der Waals surface area contributed by atoms with Crippen LogP contribution in [0.15, 0.2) is 30.3 Å². The molecule has 88 valence electrons. The first-order chi connectivity index (χ1) is 7.95. The van der Waals surface area contributed by atoms with Crippen molar-refractivity contribution in [1.82, 2.24) is 5.32 Å². The van der Waals surface area contributed by atoms with Crippen LogP contribution >= 0.6 is 0 Å². The van der Waals surface area contributed by atoms with Crippen LogP contribution in [0.2, 0.25) is 0 Å². The summed E-state index contributed by atoms with van der Waals surface area (Å²) in [5.74, 6) is 0. The van der Waals surface area contributed by atoms with Gasteiger partial charge in [0, 0.05) is 13.2 Å². The van der Waals surface area contributed by atoms with Gasteiger partial charge < -0.3 is 14.8 Å². The zero-order valence-electron chi connectivity index (χ0n) is 9.52. The van der Waals surface area contributed by atoms with E-state index >= 15 is 0 Å². The van der Waals surface area contributed by atoms with Crippen LogP contribution < -0.4 is 5.32 Å². The molecule has 0 aromatic heterocycles. The molecule has 0 saturated carbocycles. The largest absolute Gasteiger partial charge is 0.374 e. The zero-order chi connectivity index (χ0) is 11.1. The summed E-state index contributed by atoms with van der Waals surface area (Å²) in [6, 6.07) is 10.2. The Balaban J connectivity index is 1.67. The van der Waals surface area contributed by atoms with Crippen LogP contribution in [0.3, 0.4) is 0 Å². The highest BCUT2D eigenvalue weighted by Gasteiger charge is 2.11. The van der Waals surface area contributed by atoms with Crippen molar-refractivity contribution in [1.29, 1.82) is 0 Å². The second kappa shape index (κ2) is 6.63. The molecule has 0 bridgehead atoms. The Hall–Kier alpha value is -0.900. The molecule has 2 rings (SSSR count). The standard InChI is InChI=1S/C13H19NO2/c1-2-5-12(6-3-1)10-15-11-13-9-14-7-4-8-16-13/h1-3,5-6,13-14H,4,7-11H2. The summed E-state index contributed by atoms with van der Waals surface area (Å²) in [7, 11) is 0. The van der Waals surface area contributed by atoms with Gasteiger partial charge in [0.05, 0.1) is 19.3 Å². The SMILES string of the molecule is c1ccc(COCC2CNCCCO2)cc1. The number of ether oxygens (including phenoxy) is 2. The van der Waals surface area contributed by atoms with Crippen molar-refractivity contribution in [3.63, 3.8) is 0 Å². The lowest BCUT2D eigenvalue weighted by Crippen LogP contribution is -2.30. The molecule has 1 saturated heterocycles. The zero-order valence-corrected chi connectivity index (χ0v) is 9.52. The van der Waals surface area contributed by atoms with Crippen LogP contribution in [0, 0.1) is 0 Å². The summed E-state index contributed by atoms with van der Waals surface area (Å²) in [5.41, 5.74) is 1.21. The lowest BCUT2D eigenvalue weighted by Gasteiger charge is -2.15. The maximum absolute atomic E-state index is 5.65. The second-order valence-corrected chi connectivity index (χ2v) is 4.05. The van der Waals surface area contributed by atoms with Crippen LogP contribution in [-0.2, 0) is 16.1 Å². The molecular weight excluding hydrogens is 202 g/mol. The normalized spacial score (nSPS) is 21.6. The lowest BCUT2D eigenvalue weighted by molar-refractivity contribution is -0.0127. The Morgan fingerprint density at radius 1 is 1.31 bits per heavy atom. The summed E-state index contributed by atoms with van der Waals surface area (Å²) >= 11 is 0. The van der Waals surface area contributed by atoms with E-state index in [1.807, 2.05) is 18.2 Å². The van der Waals surface area contributed by atoms with E-state index in [0.29, 0.717) is 13.2 Å². The van der Waals surface area contributed by atoms with Gasteiger partial charge in [-0.15, -0.1) is 0 Å². The predicted molar refractivity (Wildman–Crippen MR) is 63.3 cm³/mol. The molecule has 0 aliphatic carbocycles. The molecule has 1 aliphatic heterocycles. The topological polar surface area (TPSA) is 30.5 Å². The molecule has 1 heterocycles. The van der Waals surface area contributed by atoms with Crippen molar-refractivity contribution in [2.75, 3.05) is 26.3 Å². The minimum absolute atomic E-state index is 0.200. The average molecular weight is 221 g/mol. The fraction of sp³-hybridized carbons (Fsp3) is 0.538. The Morgan fingerprint density at radius 2 is 2.19 bits per heavy atom. The highest BCUT2D eigenvalue weighted by atomic mass is 16.5. The minimum atomic E-state index is 0.200. The summed E-state index contributed by atoms with van der Waals surface area (Å²) in [4.78, 5) is 0. The van der Waals surface area contributed by atoms with Crippen molar-refractivity contribution < 1.29 is 9.47 Å². The summed E-state index contributed by atoms with van der Waals surface area (Å²) in [5, 5.41) is 3.34. The van der Waals surface area contributed by atoms with Gasteiger partial charge in [0.15, 0.2) is 0 Å². The second-order valence-electron chi connectivity index (χ2n) is 4.05. The predicted octanol–water partition coefficient (Wildman–Crippen LogP) is 1.58. The highest BCUT2D eigenvalue weighted by molar-refractivity contribution is 5.13. The van der Waals surface area contributed by atoms with E-state index in [1.54, 1.807) is 0 Å². The first-order valence-electron chi connectivity index (χ1n) is 5.89. The van der Waals surface area contributed by atoms with Gasteiger partial charge >= 0.3 is 0 Å². The Morgan fingerprint density at radius 3 is 3.06 bits per heavy atom. The summed E-state index contributed by atoms with van der Waals surface area (Å²) < 4.78 is 11.3. The lowest BCUT2D eigenvalue weighted by atomic mass is 10.2. The molecule has 1 aliphatic rings. The van der Waals surface area contributed by atoms with E-state index in [2.05, 4.69) is 17.4 Å². The molecule has 1 atom stereocenters. The van der Waals surface area contributed by atoms with Crippen LogP contribution in [0.4, 0.5) is 0 Å². The van der Waals surface area contributed by atoms with Crippen LogP contribution in [0.25, 0.3) is 0 Å². The Labute approximate surface area is 96.8 Å². The molecule has 3 heteroatoms. The number of hydrogen-bond donors (Lipinski definition) is 1. The van der Waals surface area contributed by atoms with E-state index in [-0.39, 0.29) is 6.10 Å². The number of nitrogens with one attached hydrogen (secondary N) is 1. The molecule has 1 N–H and O–H groups in total. The molecule has 0 spiro atoms. The Kier molecular flexibility index (Phi) is 4.80. The van der Waals surface area contributed by atoms with Gasteiger partial charge in [0.2, 0.25) is 0 Å². The maximum Gasteiger partial charge on any atom is 0.0932 e. The smallest absolute Gasteiger partial charge is 0.0932 e. The fourth-order valence-corrected chi connectivity index (χ4v) is 1.76.